The second-order valence-electron chi connectivity index (χ2n) is 5.71. The van der Waals surface area contributed by atoms with Gasteiger partial charge < -0.3 is 14.5 Å². The Hall–Kier alpha value is -1.61. The van der Waals surface area contributed by atoms with E-state index in [0.717, 1.165) is 11.3 Å². The number of hydrogen-bond donors (Lipinski definition) is 1. The molecule has 0 amide bonds. The van der Waals surface area contributed by atoms with Gasteiger partial charge in [-0.15, -0.1) is 0 Å². The Balaban J connectivity index is 2.41. The van der Waals surface area contributed by atoms with E-state index in [1.807, 2.05) is 50.2 Å². The van der Waals surface area contributed by atoms with E-state index in [1.165, 1.54) is 0 Å². The first-order chi connectivity index (χ1) is 10.9. The lowest BCUT2D eigenvalue weighted by molar-refractivity contribution is 0.218. The largest absolute Gasteiger partial charge is 0.378 e. The van der Waals surface area contributed by atoms with Crippen LogP contribution in [0.25, 0.3) is 0 Å². The summed E-state index contributed by atoms with van der Waals surface area (Å²) in [5.74, 6) is -1.17. The van der Waals surface area contributed by atoms with Crippen LogP contribution in [0.1, 0.15) is 23.9 Å². The van der Waals surface area contributed by atoms with Crippen LogP contribution in [0.15, 0.2) is 48.5 Å². The Morgan fingerprint density at radius 2 is 1.65 bits per heavy atom. The highest BCUT2D eigenvalue weighted by atomic mass is 31.2. The highest BCUT2D eigenvalue weighted by Crippen LogP contribution is 2.57. The molecule has 4 nitrogen and oxygen atoms in total. The molecule has 0 saturated carbocycles. The number of rotatable bonds is 6. The highest BCUT2D eigenvalue weighted by Gasteiger charge is 2.35. The van der Waals surface area contributed by atoms with Gasteiger partial charge in [-0.05, 0) is 43.7 Å². The van der Waals surface area contributed by atoms with Crippen LogP contribution in [0.4, 0.5) is 5.69 Å². The standard InChI is InChI=1S/C18H24NO3P/c1-5-22-23(21,17-12-10-16(11-13-17)19(3)4)18(20)15-8-6-14(2)7-9-15/h6-13,18,20H,5H2,1-4H3/t18-,23+/m0/s1. The summed E-state index contributed by atoms with van der Waals surface area (Å²) < 4.78 is 18.9. The topological polar surface area (TPSA) is 49.8 Å². The second kappa shape index (κ2) is 7.31. The number of nitrogens with zero attached hydrogens (tertiary/aromatic N) is 1. The number of anilines is 1. The van der Waals surface area contributed by atoms with E-state index in [4.69, 9.17) is 4.52 Å². The molecule has 0 radical (unpaired) electrons. The Morgan fingerprint density at radius 1 is 1.09 bits per heavy atom. The Morgan fingerprint density at radius 3 is 2.13 bits per heavy atom. The van der Waals surface area contributed by atoms with Crippen LogP contribution >= 0.6 is 7.37 Å². The first-order valence-electron chi connectivity index (χ1n) is 7.65. The molecule has 0 aliphatic carbocycles. The monoisotopic (exact) mass is 333 g/mol. The zero-order valence-corrected chi connectivity index (χ0v) is 15.0. The Bertz CT molecular complexity index is 680. The Kier molecular flexibility index (Phi) is 5.64. The lowest BCUT2D eigenvalue weighted by atomic mass is 10.2. The maximum absolute atomic E-state index is 13.4. The molecule has 0 heterocycles. The van der Waals surface area contributed by atoms with Gasteiger partial charge >= 0.3 is 0 Å². The van der Waals surface area contributed by atoms with Gasteiger partial charge in [-0.1, -0.05) is 29.8 Å². The summed E-state index contributed by atoms with van der Waals surface area (Å²) in [6.45, 7) is 4.02. The minimum atomic E-state index is -3.41. The summed E-state index contributed by atoms with van der Waals surface area (Å²) >= 11 is 0. The predicted molar refractivity (Wildman–Crippen MR) is 95.8 cm³/mol. The molecule has 23 heavy (non-hydrogen) atoms. The quantitative estimate of drug-likeness (QED) is 0.819. The van der Waals surface area contributed by atoms with Gasteiger partial charge in [0.05, 0.1) is 6.61 Å². The zero-order valence-electron chi connectivity index (χ0n) is 14.1. The lowest BCUT2D eigenvalue weighted by Gasteiger charge is -2.24. The van der Waals surface area contributed by atoms with Crippen molar-refractivity contribution in [3.63, 3.8) is 0 Å². The van der Waals surface area contributed by atoms with Crippen LogP contribution in [-0.4, -0.2) is 25.8 Å². The number of aryl methyl sites for hydroxylation is 1. The highest BCUT2D eigenvalue weighted by molar-refractivity contribution is 7.67. The third kappa shape index (κ3) is 3.84. The molecule has 2 atom stereocenters. The molecular weight excluding hydrogens is 309 g/mol. The van der Waals surface area contributed by atoms with Gasteiger partial charge in [0.25, 0.3) is 7.37 Å². The van der Waals surface area contributed by atoms with Crippen LogP contribution in [0.3, 0.4) is 0 Å². The minimum Gasteiger partial charge on any atom is -0.378 e. The molecule has 0 aromatic heterocycles. The van der Waals surface area contributed by atoms with Crippen molar-refractivity contribution >= 4 is 18.4 Å². The summed E-state index contributed by atoms with van der Waals surface area (Å²) in [6, 6.07) is 14.7. The van der Waals surface area contributed by atoms with Crippen LogP contribution in [0, 0.1) is 6.92 Å². The molecule has 124 valence electrons. The molecule has 0 spiro atoms. The van der Waals surface area contributed by atoms with Gasteiger partial charge in [0, 0.05) is 25.1 Å². The predicted octanol–water partition coefficient (Wildman–Crippen LogP) is 3.69. The van der Waals surface area contributed by atoms with Crippen LogP contribution in [0.2, 0.25) is 0 Å². The minimum absolute atomic E-state index is 0.273. The van der Waals surface area contributed by atoms with Gasteiger partial charge in [-0.25, -0.2) is 0 Å². The second-order valence-corrected chi connectivity index (χ2v) is 8.17. The third-order valence-corrected chi connectivity index (χ3v) is 6.35. The van der Waals surface area contributed by atoms with E-state index in [2.05, 4.69) is 0 Å². The van der Waals surface area contributed by atoms with Gasteiger partial charge in [0.1, 0.15) is 0 Å². The number of hydrogen-bond acceptors (Lipinski definition) is 4. The van der Waals surface area contributed by atoms with E-state index in [-0.39, 0.29) is 6.61 Å². The van der Waals surface area contributed by atoms with Crippen molar-refractivity contribution in [2.24, 2.45) is 0 Å². The molecule has 1 N–H and O–H groups in total. The molecule has 2 aromatic carbocycles. The first-order valence-corrected chi connectivity index (χ1v) is 9.34. The fourth-order valence-corrected chi connectivity index (χ4v) is 4.46. The summed E-state index contributed by atoms with van der Waals surface area (Å²) in [5.41, 5.74) is 2.69. The molecule has 5 heteroatoms. The van der Waals surface area contributed by atoms with Crippen molar-refractivity contribution in [1.82, 2.24) is 0 Å². The van der Waals surface area contributed by atoms with Gasteiger partial charge in [0.15, 0.2) is 5.85 Å². The molecule has 0 aliphatic heterocycles. The number of aliphatic hydroxyl groups is 1. The fraction of sp³-hybridized carbons (Fsp3) is 0.333. The van der Waals surface area contributed by atoms with Crippen molar-refractivity contribution < 1.29 is 14.2 Å². The van der Waals surface area contributed by atoms with Crippen molar-refractivity contribution in [2.75, 3.05) is 25.6 Å². The lowest BCUT2D eigenvalue weighted by Crippen LogP contribution is -2.16. The maximum atomic E-state index is 13.4. The summed E-state index contributed by atoms with van der Waals surface area (Å²) in [4.78, 5) is 1.96. The summed E-state index contributed by atoms with van der Waals surface area (Å²) in [6.07, 6.45) is 0. The van der Waals surface area contributed by atoms with E-state index < -0.39 is 13.2 Å². The van der Waals surface area contributed by atoms with E-state index in [1.54, 1.807) is 31.2 Å². The van der Waals surface area contributed by atoms with Crippen LogP contribution in [-0.2, 0) is 9.09 Å². The van der Waals surface area contributed by atoms with Gasteiger partial charge in [-0.2, -0.15) is 0 Å². The van der Waals surface area contributed by atoms with Crippen molar-refractivity contribution in [1.29, 1.82) is 0 Å². The molecule has 0 fully saturated rings. The third-order valence-electron chi connectivity index (χ3n) is 3.74. The van der Waals surface area contributed by atoms with E-state index in [0.29, 0.717) is 10.9 Å². The van der Waals surface area contributed by atoms with Crippen molar-refractivity contribution in [2.45, 2.75) is 19.7 Å². The van der Waals surface area contributed by atoms with Crippen LogP contribution in [0.5, 0.6) is 0 Å². The average molecular weight is 333 g/mol. The molecular formula is C18H24NO3P. The molecule has 0 saturated heterocycles. The Labute approximate surface area is 138 Å². The summed E-state index contributed by atoms with van der Waals surface area (Å²) in [5, 5.41) is 11.2. The maximum Gasteiger partial charge on any atom is 0.264 e. The number of aliphatic hydroxyl groups excluding tert-OH is 1. The smallest absolute Gasteiger partial charge is 0.264 e. The fourth-order valence-electron chi connectivity index (χ4n) is 2.37. The first kappa shape index (κ1) is 17.7. The van der Waals surface area contributed by atoms with Crippen molar-refractivity contribution in [3.05, 3.63) is 59.7 Å². The number of benzene rings is 2. The molecule has 0 unspecified atom stereocenters. The normalized spacial score (nSPS) is 15.0. The molecule has 0 aliphatic rings. The molecule has 0 bridgehead atoms. The van der Waals surface area contributed by atoms with Gasteiger partial charge in [0.2, 0.25) is 0 Å². The summed E-state index contributed by atoms with van der Waals surface area (Å²) in [7, 11) is 0.473. The van der Waals surface area contributed by atoms with Crippen LogP contribution < -0.4 is 10.2 Å². The van der Waals surface area contributed by atoms with Gasteiger partial charge in [-0.3, -0.25) is 4.57 Å². The SMILES string of the molecule is CCO[P@](=O)(c1ccc(N(C)C)cc1)[C@H](O)c1ccc(C)cc1. The molecule has 2 aromatic rings. The molecule has 2 rings (SSSR count). The van der Waals surface area contributed by atoms with E-state index in [9.17, 15) is 9.67 Å². The zero-order chi connectivity index (χ0) is 17.0. The van der Waals surface area contributed by atoms with E-state index >= 15 is 0 Å². The average Bonchev–Trinajstić information content (AvgIpc) is 2.55. The van der Waals surface area contributed by atoms with Crippen molar-refractivity contribution in [3.8, 4) is 0 Å².